The van der Waals surface area contributed by atoms with Crippen LogP contribution in [-0.2, 0) is 14.3 Å². The highest BCUT2D eigenvalue weighted by Crippen LogP contribution is 2.30. The van der Waals surface area contributed by atoms with Gasteiger partial charge in [0.25, 0.3) is 11.8 Å². The van der Waals surface area contributed by atoms with Gasteiger partial charge in [-0.1, -0.05) is 11.6 Å². The third-order valence-electron chi connectivity index (χ3n) is 4.96. The number of carbonyl (C=O) groups is 3. The number of ether oxygens (including phenoxy) is 1. The second-order valence-corrected chi connectivity index (χ2v) is 7.43. The first kappa shape index (κ1) is 21.9. The van der Waals surface area contributed by atoms with Crippen LogP contribution in [-0.4, -0.2) is 71.7 Å². The summed E-state index contributed by atoms with van der Waals surface area (Å²) in [6, 6.07) is 5.33. The number of imide groups is 1. The first-order valence-corrected chi connectivity index (χ1v) is 10.2. The van der Waals surface area contributed by atoms with Crippen molar-refractivity contribution in [3.8, 4) is 0 Å². The minimum absolute atomic E-state index is 0.0565. The lowest BCUT2D eigenvalue weighted by molar-refractivity contribution is -0.137. The summed E-state index contributed by atoms with van der Waals surface area (Å²) < 4.78 is 5.04. The van der Waals surface area contributed by atoms with Gasteiger partial charge in [-0.3, -0.25) is 14.5 Å². The number of aliphatic hydroxyl groups is 1. The fourth-order valence-corrected chi connectivity index (χ4v) is 3.61. The van der Waals surface area contributed by atoms with Crippen LogP contribution in [0.2, 0.25) is 5.02 Å². The van der Waals surface area contributed by atoms with Crippen molar-refractivity contribution in [1.82, 2.24) is 9.80 Å². The highest BCUT2D eigenvalue weighted by Gasteiger charge is 2.31. The molecule has 1 saturated heterocycles. The van der Waals surface area contributed by atoms with E-state index in [1.807, 2.05) is 0 Å². The summed E-state index contributed by atoms with van der Waals surface area (Å²) in [5.74, 6) is -0.970. The Balaban J connectivity index is 1.67. The standard InChI is InChI=1S/C20H25ClN4O5/c1-2-30-20(29)24-7-5-14(6-8-24)22-15-4-3-13(21)11-16(15)23-17-12-18(27)25(9-10-26)19(17)28/h3-4,11-12,14,22-23,26H,2,5-10H2,1H3. The molecule has 3 amide bonds. The number of piperidine rings is 1. The van der Waals surface area contributed by atoms with E-state index < -0.39 is 11.8 Å². The van der Waals surface area contributed by atoms with E-state index in [1.54, 1.807) is 30.0 Å². The maximum atomic E-state index is 12.4. The molecule has 162 valence electrons. The molecule has 30 heavy (non-hydrogen) atoms. The summed E-state index contributed by atoms with van der Waals surface area (Å²) in [5, 5.41) is 15.9. The number of rotatable bonds is 7. The van der Waals surface area contributed by atoms with Crippen LogP contribution in [0.15, 0.2) is 30.0 Å². The van der Waals surface area contributed by atoms with E-state index in [0.717, 1.165) is 23.4 Å². The number of halogens is 1. The first-order chi connectivity index (χ1) is 14.4. The molecule has 2 heterocycles. The largest absolute Gasteiger partial charge is 0.450 e. The van der Waals surface area contributed by atoms with Crippen molar-refractivity contribution in [1.29, 1.82) is 0 Å². The van der Waals surface area contributed by atoms with Crippen molar-refractivity contribution in [2.24, 2.45) is 0 Å². The summed E-state index contributed by atoms with van der Waals surface area (Å²) in [4.78, 5) is 38.9. The monoisotopic (exact) mass is 436 g/mol. The molecule has 0 bridgehead atoms. The van der Waals surface area contributed by atoms with E-state index >= 15 is 0 Å². The molecular formula is C20H25ClN4O5. The number of likely N-dealkylation sites (tertiary alicyclic amines) is 1. The normalized spacial score (nSPS) is 17.2. The molecule has 0 spiro atoms. The summed E-state index contributed by atoms with van der Waals surface area (Å²) in [5.41, 5.74) is 1.42. The number of benzene rings is 1. The number of hydrogen-bond donors (Lipinski definition) is 3. The Bertz CT molecular complexity index is 852. The third kappa shape index (κ3) is 5.03. The predicted molar refractivity (Wildman–Crippen MR) is 112 cm³/mol. The van der Waals surface area contributed by atoms with E-state index in [4.69, 9.17) is 21.4 Å². The van der Waals surface area contributed by atoms with Crippen LogP contribution in [0.25, 0.3) is 0 Å². The second kappa shape index (κ2) is 9.82. The van der Waals surface area contributed by atoms with Crippen LogP contribution in [0.4, 0.5) is 16.2 Å². The van der Waals surface area contributed by atoms with Gasteiger partial charge < -0.3 is 25.4 Å². The Labute approximate surface area is 179 Å². The fraction of sp³-hybridized carbons (Fsp3) is 0.450. The number of β-amino-alcohol motifs (C(OH)–C–C–N with tert-alkyl or cyclic N) is 1. The van der Waals surface area contributed by atoms with Gasteiger partial charge in [-0.2, -0.15) is 0 Å². The highest BCUT2D eigenvalue weighted by molar-refractivity contribution is 6.31. The zero-order valence-electron chi connectivity index (χ0n) is 16.7. The van der Waals surface area contributed by atoms with Crippen LogP contribution < -0.4 is 10.6 Å². The molecular weight excluding hydrogens is 412 g/mol. The molecule has 0 radical (unpaired) electrons. The molecule has 0 aliphatic carbocycles. The van der Waals surface area contributed by atoms with Gasteiger partial charge in [-0.05, 0) is 38.0 Å². The van der Waals surface area contributed by atoms with Gasteiger partial charge in [0.15, 0.2) is 0 Å². The summed E-state index contributed by atoms with van der Waals surface area (Å²) >= 11 is 6.13. The van der Waals surface area contributed by atoms with Gasteiger partial charge >= 0.3 is 6.09 Å². The van der Waals surface area contributed by atoms with Crippen molar-refractivity contribution in [3.05, 3.63) is 35.0 Å². The van der Waals surface area contributed by atoms with E-state index in [9.17, 15) is 14.4 Å². The minimum atomic E-state index is -0.497. The van der Waals surface area contributed by atoms with Crippen molar-refractivity contribution >= 4 is 40.9 Å². The fourth-order valence-electron chi connectivity index (χ4n) is 3.44. The lowest BCUT2D eigenvalue weighted by Crippen LogP contribution is -2.42. The number of nitrogens with zero attached hydrogens (tertiary/aromatic N) is 2. The van der Waals surface area contributed by atoms with Crippen molar-refractivity contribution in [2.45, 2.75) is 25.8 Å². The van der Waals surface area contributed by atoms with Crippen LogP contribution in [0.5, 0.6) is 0 Å². The van der Waals surface area contributed by atoms with Crippen molar-refractivity contribution in [3.63, 3.8) is 0 Å². The van der Waals surface area contributed by atoms with Crippen LogP contribution in [0.3, 0.4) is 0 Å². The molecule has 0 aromatic heterocycles. The highest BCUT2D eigenvalue weighted by atomic mass is 35.5. The van der Waals surface area contributed by atoms with E-state index in [1.165, 1.54) is 6.08 Å². The average Bonchev–Trinajstić information content (AvgIpc) is 2.98. The molecule has 1 fully saturated rings. The Morgan fingerprint density at radius 2 is 2.00 bits per heavy atom. The van der Waals surface area contributed by atoms with Crippen LogP contribution in [0.1, 0.15) is 19.8 Å². The number of hydrogen-bond acceptors (Lipinski definition) is 7. The van der Waals surface area contributed by atoms with Crippen molar-refractivity contribution < 1.29 is 24.2 Å². The topological polar surface area (TPSA) is 111 Å². The van der Waals surface area contributed by atoms with Gasteiger partial charge in [-0.25, -0.2) is 4.79 Å². The summed E-state index contributed by atoms with van der Waals surface area (Å²) in [6.07, 6.45) is 2.39. The zero-order chi connectivity index (χ0) is 21.7. The number of amides is 3. The first-order valence-electron chi connectivity index (χ1n) is 9.86. The Hall–Kier alpha value is -2.78. The number of anilines is 2. The Morgan fingerprint density at radius 1 is 1.27 bits per heavy atom. The average molecular weight is 437 g/mol. The maximum absolute atomic E-state index is 12.4. The molecule has 2 aliphatic heterocycles. The quantitative estimate of drug-likeness (QED) is 0.561. The lowest BCUT2D eigenvalue weighted by atomic mass is 10.0. The van der Waals surface area contributed by atoms with Crippen molar-refractivity contribution in [2.75, 3.05) is 43.5 Å². The zero-order valence-corrected chi connectivity index (χ0v) is 17.4. The minimum Gasteiger partial charge on any atom is -0.450 e. The predicted octanol–water partition coefficient (Wildman–Crippen LogP) is 2.03. The van der Waals surface area contributed by atoms with Crippen LogP contribution in [0, 0.1) is 0 Å². The van der Waals surface area contributed by atoms with E-state index in [-0.39, 0.29) is 31.0 Å². The van der Waals surface area contributed by atoms with Gasteiger partial charge in [0.05, 0.1) is 31.1 Å². The number of aliphatic hydroxyl groups excluding tert-OH is 1. The van der Waals surface area contributed by atoms with E-state index in [2.05, 4.69) is 10.6 Å². The molecule has 0 atom stereocenters. The van der Waals surface area contributed by atoms with Gasteiger partial charge in [0.1, 0.15) is 5.70 Å². The smallest absolute Gasteiger partial charge is 0.409 e. The molecule has 3 N–H and O–H groups in total. The van der Waals surface area contributed by atoms with E-state index in [0.29, 0.717) is 30.4 Å². The SMILES string of the molecule is CCOC(=O)N1CCC(Nc2ccc(Cl)cc2NC2=CC(=O)N(CCO)C2=O)CC1. The molecule has 9 nitrogen and oxygen atoms in total. The molecule has 0 saturated carbocycles. The lowest BCUT2D eigenvalue weighted by Gasteiger charge is -2.32. The summed E-state index contributed by atoms with van der Waals surface area (Å²) in [6.45, 7) is 2.94. The third-order valence-corrected chi connectivity index (χ3v) is 5.20. The second-order valence-electron chi connectivity index (χ2n) is 7.00. The molecule has 1 aromatic rings. The molecule has 0 unspecified atom stereocenters. The summed E-state index contributed by atoms with van der Waals surface area (Å²) in [7, 11) is 0. The molecule has 10 heteroatoms. The molecule has 3 rings (SSSR count). The van der Waals surface area contributed by atoms with Gasteiger partial charge in [0, 0.05) is 30.2 Å². The van der Waals surface area contributed by atoms with Crippen LogP contribution >= 0.6 is 11.6 Å². The number of carbonyl (C=O) groups excluding carboxylic acids is 3. The van der Waals surface area contributed by atoms with Gasteiger partial charge in [0.2, 0.25) is 0 Å². The Kier molecular flexibility index (Phi) is 7.17. The molecule has 1 aromatic carbocycles. The van der Waals surface area contributed by atoms with Gasteiger partial charge in [-0.15, -0.1) is 0 Å². The Morgan fingerprint density at radius 3 is 2.67 bits per heavy atom. The number of nitrogens with one attached hydrogen (secondary N) is 2. The maximum Gasteiger partial charge on any atom is 0.409 e. The molecule has 2 aliphatic rings.